The van der Waals surface area contributed by atoms with Crippen LogP contribution in [0.2, 0.25) is 0 Å². The predicted octanol–water partition coefficient (Wildman–Crippen LogP) is 5.21. The molecule has 0 bridgehead atoms. The maximum Gasteiger partial charge on any atom is 0.0725 e. The van der Waals surface area contributed by atoms with E-state index in [0.29, 0.717) is 11.3 Å². The summed E-state index contributed by atoms with van der Waals surface area (Å²) in [5.74, 6) is 0.586. The van der Waals surface area contributed by atoms with E-state index in [-0.39, 0.29) is 5.38 Å². The Bertz CT molecular complexity index is 466. The highest BCUT2D eigenvalue weighted by Crippen LogP contribution is 2.49. The standard InChI is InChI=1S/C17H23ClO/c1-17(2)8-4-3-5-15(17)16(18)12-6-7-13-10-19-11-14(13)9-12/h6-7,9,15-16H,3-5,8,10-11H2,1-2H3. The Labute approximate surface area is 121 Å². The highest BCUT2D eigenvalue weighted by atomic mass is 35.5. The molecule has 19 heavy (non-hydrogen) atoms. The van der Waals surface area contributed by atoms with E-state index in [1.807, 2.05) is 0 Å². The van der Waals surface area contributed by atoms with Crippen LogP contribution in [0, 0.1) is 11.3 Å². The maximum atomic E-state index is 6.83. The number of benzene rings is 1. The number of ether oxygens (including phenoxy) is 1. The lowest BCUT2D eigenvalue weighted by Gasteiger charge is -2.41. The number of hydrogen-bond donors (Lipinski definition) is 0. The highest BCUT2D eigenvalue weighted by Gasteiger charge is 2.37. The molecule has 0 radical (unpaired) electrons. The normalized spacial score (nSPS) is 27.0. The number of alkyl halides is 1. The topological polar surface area (TPSA) is 9.23 Å². The zero-order chi connectivity index (χ0) is 13.5. The van der Waals surface area contributed by atoms with Gasteiger partial charge in [0.1, 0.15) is 0 Å². The lowest BCUT2D eigenvalue weighted by Crippen LogP contribution is -2.30. The molecule has 2 atom stereocenters. The summed E-state index contributed by atoms with van der Waals surface area (Å²) >= 11 is 6.83. The van der Waals surface area contributed by atoms with E-state index in [9.17, 15) is 0 Å². The molecule has 1 aromatic carbocycles. The Morgan fingerprint density at radius 2 is 2.00 bits per heavy atom. The smallest absolute Gasteiger partial charge is 0.0725 e. The van der Waals surface area contributed by atoms with Gasteiger partial charge >= 0.3 is 0 Å². The third-order valence-electron chi connectivity index (χ3n) is 5.01. The molecule has 2 unspecified atom stereocenters. The summed E-state index contributed by atoms with van der Waals surface area (Å²) in [5, 5.41) is 0.140. The fourth-order valence-corrected chi connectivity index (χ4v) is 4.26. The second-order valence-electron chi connectivity index (χ2n) is 6.76. The zero-order valence-electron chi connectivity index (χ0n) is 11.9. The SMILES string of the molecule is CC1(C)CCCCC1C(Cl)c1ccc2c(c1)COC2. The molecule has 1 heterocycles. The minimum Gasteiger partial charge on any atom is -0.372 e. The average molecular weight is 279 g/mol. The minimum atomic E-state index is 0.140. The van der Waals surface area contributed by atoms with E-state index in [2.05, 4.69) is 32.0 Å². The molecule has 1 aliphatic heterocycles. The molecule has 1 nitrogen and oxygen atoms in total. The summed E-state index contributed by atoms with van der Waals surface area (Å²) in [5.41, 5.74) is 4.30. The third-order valence-corrected chi connectivity index (χ3v) is 5.56. The van der Waals surface area contributed by atoms with Gasteiger partial charge in [-0.25, -0.2) is 0 Å². The van der Waals surface area contributed by atoms with Crippen LogP contribution in [0.5, 0.6) is 0 Å². The predicted molar refractivity (Wildman–Crippen MR) is 79.3 cm³/mol. The van der Waals surface area contributed by atoms with Crippen LogP contribution in [-0.2, 0) is 18.0 Å². The van der Waals surface area contributed by atoms with Gasteiger partial charge in [0.15, 0.2) is 0 Å². The fourth-order valence-electron chi connectivity index (χ4n) is 3.66. The summed E-state index contributed by atoms with van der Waals surface area (Å²) in [7, 11) is 0. The molecule has 0 spiro atoms. The van der Waals surface area contributed by atoms with Gasteiger partial charge in [-0.2, -0.15) is 0 Å². The number of hydrogen-bond acceptors (Lipinski definition) is 1. The average Bonchev–Trinajstić information content (AvgIpc) is 2.84. The first-order chi connectivity index (χ1) is 9.08. The molecule has 1 aromatic rings. The van der Waals surface area contributed by atoms with Crippen molar-refractivity contribution in [3.05, 3.63) is 34.9 Å². The first kappa shape index (κ1) is 13.5. The Kier molecular flexibility index (Phi) is 3.61. The molecule has 0 aromatic heterocycles. The Morgan fingerprint density at radius 3 is 2.79 bits per heavy atom. The third kappa shape index (κ3) is 2.55. The highest BCUT2D eigenvalue weighted by molar-refractivity contribution is 6.21. The van der Waals surface area contributed by atoms with Crippen molar-refractivity contribution in [1.29, 1.82) is 0 Å². The van der Waals surface area contributed by atoms with Gasteiger partial charge in [0.2, 0.25) is 0 Å². The minimum absolute atomic E-state index is 0.140. The molecular formula is C17H23ClO. The largest absolute Gasteiger partial charge is 0.372 e. The van der Waals surface area contributed by atoms with Gasteiger partial charge in [0.25, 0.3) is 0 Å². The van der Waals surface area contributed by atoms with E-state index < -0.39 is 0 Å². The van der Waals surface area contributed by atoms with Gasteiger partial charge in [-0.3, -0.25) is 0 Å². The van der Waals surface area contributed by atoms with Crippen molar-refractivity contribution in [2.75, 3.05) is 0 Å². The maximum absolute atomic E-state index is 6.83. The Hall–Kier alpha value is -0.530. The Morgan fingerprint density at radius 1 is 1.21 bits per heavy atom. The second kappa shape index (κ2) is 5.10. The van der Waals surface area contributed by atoms with Crippen molar-refractivity contribution in [3.63, 3.8) is 0 Å². The summed E-state index contributed by atoms with van der Waals surface area (Å²) in [4.78, 5) is 0. The fraction of sp³-hybridized carbons (Fsp3) is 0.647. The van der Waals surface area contributed by atoms with E-state index in [4.69, 9.17) is 16.3 Å². The van der Waals surface area contributed by atoms with Crippen LogP contribution in [0.25, 0.3) is 0 Å². The summed E-state index contributed by atoms with van der Waals surface area (Å²) in [6, 6.07) is 6.67. The van der Waals surface area contributed by atoms with Crippen molar-refractivity contribution >= 4 is 11.6 Å². The van der Waals surface area contributed by atoms with Crippen LogP contribution in [0.1, 0.15) is 61.6 Å². The van der Waals surface area contributed by atoms with Gasteiger partial charge in [0.05, 0.1) is 18.6 Å². The molecular weight excluding hydrogens is 256 g/mol. The van der Waals surface area contributed by atoms with Crippen LogP contribution in [0.4, 0.5) is 0 Å². The van der Waals surface area contributed by atoms with Crippen LogP contribution in [-0.4, -0.2) is 0 Å². The molecule has 0 saturated heterocycles. The molecule has 1 fully saturated rings. The van der Waals surface area contributed by atoms with Crippen LogP contribution >= 0.6 is 11.6 Å². The number of fused-ring (bicyclic) bond motifs is 1. The van der Waals surface area contributed by atoms with Gasteiger partial charge < -0.3 is 4.74 Å². The molecule has 0 amide bonds. The first-order valence-electron chi connectivity index (χ1n) is 7.41. The molecule has 1 saturated carbocycles. The molecule has 2 heteroatoms. The Balaban J connectivity index is 1.85. The van der Waals surface area contributed by atoms with Gasteiger partial charge in [-0.1, -0.05) is 44.9 Å². The van der Waals surface area contributed by atoms with E-state index in [1.165, 1.54) is 42.4 Å². The van der Waals surface area contributed by atoms with Crippen molar-refractivity contribution in [1.82, 2.24) is 0 Å². The van der Waals surface area contributed by atoms with E-state index in [0.717, 1.165) is 13.2 Å². The zero-order valence-corrected chi connectivity index (χ0v) is 12.7. The lowest BCUT2D eigenvalue weighted by atomic mass is 9.66. The number of halogens is 1. The molecule has 0 N–H and O–H groups in total. The molecule has 104 valence electrons. The lowest BCUT2D eigenvalue weighted by molar-refractivity contribution is 0.132. The molecule has 1 aliphatic carbocycles. The first-order valence-corrected chi connectivity index (χ1v) is 7.85. The van der Waals surface area contributed by atoms with Crippen molar-refractivity contribution in [2.45, 2.75) is 58.1 Å². The number of rotatable bonds is 2. The quantitative estimate of drug-likeness (QED) is 0.675. The van der Waals surface area contributed by atoms with Crippen molar-refractivity contribution in [2.24, 2.45) is 11.3 Å². The van der Waals surface area contributed by atoms with Gasteiger partial charge in [-0.15, -0.1) is 11.6 Å². The van der Waals surface area contributed by atoms with Gasteiger partial charge in [-0.05, 0) is 40.9 Å². The van der Waals surface area contributed by atoms with Crippen LogP contribution < -0.4 is 0 Å². The van der Waals surface area contributed by atoms with Crippen molar-refractivity contribution < 1.29 is 4.74 Å². The second-order valence-corrected chi connectivity index (χ2v) is 7.23. The monoisotopic (exact) mass is 278 g/mol. The van der Waals surface area contributed by atoms with Crippen LogP contribution in [0.15, 0.2) is 18.2 Å². The molecule has 2 aliphatic rings. The van der Waals surface area contributed by atoms with Gasteiger partial charge in [0, 0.05) is 0 Å². The summed E-state index contributed by atoms with van der Waals surface area (Å²) in [6.45, 7) is 6.27. The van der Waals surface area contributed by atoms with E-state index in [1.54, 1.807) is 0 Å². The van der Waals surface area contributed by atoms with E-state index >= 15 is 0 Å². The molecule has 3 rings (SSSR count). The summed E-state index contributed by atoms with van der Waals surface area (Å²) < 4.78 is 5.49. The summed E-state index contributed by atoms with van der Waals surface area (Å²) in [6.07, 6.45) is 5.24. The van der Waals surface area contributed by atoms with Crippen molar-refractivity contribution in [3.8, 4) is 0 Å². The van der Waals surface area contributed by atoms with Crippen LogP contribution in [0.3, 0.4) is 0 Å².